The molecule has 0 aliphatic rings. The van der Waals surface area contributed by atoms with Gasteiger partial charge in [0.25, 0.3) is 0 Å². The minimum absolute atomic E-state index is 0.00921. The van der Waals surface area contributed by atoms with Gasteiger partial charge in [0, 0.05) is 29.6 Å². The molecule has 0 atom stereocenters. The lowest BCUT2D eigenvalue weighted by atomic mass is 10.1. The summed E-state index contributed by atoms with van der Waals surface area (Å²) in [5.41, 5.74) is 2.41. The predicted octanol–water partition coefficient (Wildman–Crippen LogP) is 3.27. The molecule has 1 aromatic carbocycles. The van der Waals surface area contributed by atoms with E-state index >= 15 is 0 Å². The van der Waals surface area contributed by atoms with E-state index in [2.05, 4.69) is 11.5 Å². The number of aromatic hydroxyl groups is 1. The van der Waals surface area contributed by atoms with E-state index in [4.69, 9.17) is 9.47 Å². The number of rotatable bonds is 7. The van der Waals surface area contributed by atoms with E-state index in [-0.39, 0.29) is 23.7 Å². The molecule has 0 aliphatic heterocycles. The van der Waals surface area contributed by atoms with Crippen molar-refractivity contribution < 1.29 is 24.2 Å². The zero-order valence-corrected chi connectivity index (χ0v) is 15.0. The predicted molar refractivity (Wildman–Crippen MR) is 93.5 cm³/mol. The maximum absolute atomic E-state index is 12.4. The molecule has 0 bridgehead atoms. The Morgan fingerprint density at radius 3 is 2.48 bits per heavy atom. The van der Waals surface area contributed by atoms with Crippen molar-refractivity contribution in [3.8, 4) is 11.5 Å². The van der Waals surface area contributed by atoms with E-state index in [1.807, 2.05) is 19.9 Å². The molecular formula is C19H23NO5. The molecule has 2 rings (SSSR count). The first-order chi connectivity index (χ1) is 11.9. The number of phenolic OH excluding ortho intramolecular Hbond substituents is 1. The van der Waals surface area contributed by atoms with E-state index in [0.29, 0.717) is 11.3 Å². The number of Topliss-reactive ketones (excluding diaryl/α,β-unsaturated/α-hetero) is 1. The Morgan fingerprint density at radius 1 is 1.16 bits per heavy atom. The molecular weight excluding hydrogens is 322 g/mol. The summed E-state index contributed by atoms with van der Waals surface area (Å²) in [7, 11) is 1.46. The van der Waals surface area contributed by atoms with Crippen LogP contribution >= 0.6 is 0 Å². The zero-order valence-electron chi connectivity index (χ0n) is 15.0. The highest BCUT2D eigenvalue weighted by Crippen LogP contribution is 2.24. The lowest BCUT2D eigenvalue weighted by molar-refractivity contribution is 0.0471. The number of carbonyl (C=O) groups is 2. The number of aryl methyl sites for hydroxylation is 1. The average Bonchev–Trinajstić information content (AvgIpc) is 2.87. The molecule has 0 saturated carbocycles. The monoisotopic (exact) mass is 345 g/mol. The molecule has 0 unspecified atom stereocenters. The largest absolute Gasteiger partial charge is 0.507 e. The number of hydrogen-bond acceptors (Lipinski definition) is 5. The van der Waals surface area contributed by atoms with Crippen LogP contribution in [0.1, 0.15) is 45.4 Å². The Kier molecular flexibility index (Phi) is 5.85. The van der Waals surface area contributed by atoms with Gasteiger partial charge in [-0.2, -0.15) is 0 Å². The Balaban J connectivity index is 2.07. The van der Waals surface area contributed by atoms with Gasteiger partial charge in [-0.1, -0.05) is 6.92 Å². The van der Waals surface area contributed by atoms with Crippen LogP contribution < -0.4 is 4.74 Å². The SMILES string of the molecule is CCCn1c(C)cc(C(=O)COC(=O)c2ccc(OC)cc2O)c1C. The Labute approximate surface area is 147 Å². The van der Waals surface area contributed by atoms with E-state index < -0.39 is 5.97 Å². The van der Waals surface area contributed by atoms with Gasteiger partial charge in [0.05, 0.1) is 7.11 Å². The fourth-order valence-electron chi connectivity index (χ4n) is 2.75. The maximum atomic E-state index is 12.4. The summed E-state index contributed by atoms with van der Waals surface area (Å²) in [6.07, 6.45) is 0.968. The third-order valence-electron chi connectivity index (χ3n) is 4.08. The molecule has 0 spiro atoms. The highest BCUT2D eigenvalue weighted by molar-refractivity contribution is 6.01. The number of nitrogens with zero attached hydrogens (tertiary/aromatic N) is 1. The molecule has 6 heteroatoms. The second-order valence-corrected chi connectivity index (χ2v) is 5.82. The number of methoxy groups -OCH3 is 1. The summed E-state index contributed by atoms with van der Waals surface area (Å²) in [5.74, 6) is -0.848. The van der Waals surface area contributed by atoms with Gasteiger partial charge in [-0.3, -0.25) is 4.79 Å². The van der Waals surface area contributed by atoms with Crippen LogP contribution in [0.5, 0.6) is 11.5 Å². The average molecular weight is 345 g/mol. The minimum Gasteiger partial charge on any atom is -0.507 e. The number of carbonyl (C=O) groups excluding carboxylic acids is 2. The van der Waals surface area contributed by atoms with Crippen molar-refractivity contribution in [3.63, 3.8) is 0 Å². The van der Waals surface area contributed by atoms with Crippen LogP contribution in [0.15, 0.2) is 24.3 Å². The number of ketones is 1. The fourth-order valence-corrected chi connectivity index (χ4v) is 2.75. The van der Waals surface area contributed by atoms with E-state index in [1.165, 1.54) is 25.3 Å². The number of ether oxygens (including phenoxy) is 2. The zero-order chi connectivity index (χ0) is 18.6. The minimum atomic E-state index is -0.754. The third kappa shape index (κ3) is 4.02. The normalized spacial score (nSPS) is 10.6. The molecule has 0 amide bonds. The standard InChI is InChI=1S/C19H23NO5/c1-5-8-20-12(2)9-16(13(20)3)18(22)11-25-19(23)15-7-6-14(24-4)10-17(15)21/h6-7,9-10,21H,5,8,11H2,1-4H3. The van der Waals surface area contributed by atoms with Crippen molar-refractivity contribution in [2.24, 2.45) is 0 Å². The highest BCUT2D eigenvalue weighted by Gasteiger charge is 2.19. The summed E-state index contributed by atoms with van der Waals surface area (Å²) in [4.78, 5) is 24.5. The number of phenols is 1. The first-order valence-corrected chi connectivity index (χ1v) is 8.13. The molecule has 0 fully saturated rings. The first-order valence-electron chi connectivity index (χ1n) is 8.13. The van der Waals surface area contributed by atoms with Gasteiger partial charge in [0.15, 0.2) is 6.61 Å². The molecule has 0 radical (unpaired) electrons. The summed E-state index contributed by atoms with van der Waals surface area (Å²) < 4.78 is 12.1. The number of esters is 1. The van der Waals surface area contributed by atoms with Crippen LogP contribution in [-0.4, -0.2) is 35.1 Å². The lowest BCUT2D eigenvalue weighted by Crippen LogP contribution is -2.15. The second kappa shape index (κ2) is 7.88. The topological polar surface area (TPSA) is 77.8 Å². The van der Waals surface area contributed by atoms with Crippen molar-refractivity contribution in [3.05, 3.63) is 46.8 Å². The van der Waals surface area contributed by atoms with E-state index in [1.54, 1.807) is 0 Å². The van der Waals surface area contributed by atoms with Crippen molar-refractivity contribution in [2.75, 3.05) is 13.7 Å². The van der Waals surface area contributed by atoms with E-state index in [0.717, 1.165) is 24.4 Å². The fraction of sp³-hybridized carbons (Fsp3) is 0.368. The lowest BCUT2D eigenvalue weighted by Gasteiger charge is -2.09. The van der Waals surface area contributed by atoms with Crippen molar-refractivity contribution in [1.29, 1.82) is 0 Å². The van der Waals surface area contributed by atoms with Gasteiger partial charge in [-0.15, -0.1) is 0 Å². The molecule has 2 aromatic rings. The van der Waals surface area contributed by atoms with Gasteiger partial charge < -0.3 is 19.1 Å². The van der Waals surface area contributed by atoms with Crippen LogP contribution in [0.2, 0.25) is 0 Å². The first kappa shape index (κ1) is 18.6. The summed E-state index contributed by atoms with van der Waals surface area (Å²) in [6.45, 7) is 6.36. The maximum Gasteiger partial charge on any atom is 0.342 e. The van der Waals surface area contributed by atoms with Crippen LogP contribution in [0.3, 0.4) is 0 Å². The summed E-state index contributed by atoms with van der Waals surface area (Å²) >= 11 is 0. The van der Waals surface area contributed by atoms with Crippen molar-refractivity contribution in [2.45, 2.75) is 33.7 Å². The Bertz CT molecular complexity index is 791. The molecule has 1 aromatic heterocycles. The summed E-state index contributed by atoms with van der Waals surface area (Å²) in [5, 5.41) is 9.85. The summed E-state index contributed by atoms with van der Waals surface area (Å²) in [6, 6.07) is 6.06. The highest BCUT2D eigenvalue weighted by atomic mass is 16.5. The number of aromatic nitrogens is 1. The van der Waals surface area contributed by atoms with Crippen LogP contribution in [0.4, 0.5) is 0 Å². The van der Waals surface area contributed by atoms with E-state index in [9.17, 15) is 14.7 Å². The Morgan fingerprint density at radius 2 is 1.88 bits per heavy atom. The van der Waals surface area contributed by atoms with Gasteiger partial charge in [0.1, 0.15) is 17.1 Å². The number of benzene rings is 1. The van der Waals surface area contributed by atoms with Gasteiger partial charge in [-0.25, -0.2) is 4.79 Å². The van der Waals surface area contributed by atoms with Gasteiger partial charge in [-0.05, 0) is 38.5 Å². The molecule has 0 aliphatic carbocycles. The number of hydrogen-bond donors (Lipinski definition) is 1. The van der Waals surface area contributed by atoms with Crippen molar-refractivity contribution >= 4 is 11.8 Å². The Hall–Kier alpha value is -2.76. The third-order valence-corrected chi connectivity index (χ3v) is 4.08. The second-order valence-electron chi connectivity index (χ2n) is 5.82. The molecule has 1 heterocycles. The van der Waals surface area contributed by atoms with Crippen LogP contribution in [0, 0.1) is 13.8 Å². The molecule has 134 valence electrons. The van der Waals surface area contributed by atoms with Gasteiger partial charge in [0.2, 0.25) is 5.78 Å². The van der Waals surface area contributed by atoms with Crippen LogP contribution in [0.25, 0.3) is 0 Å². The van der Waals surface area contributed by atoms with Crippen LogP contribution in [-0.2, 0) is 11.3 Å². The molecule has 0 saturated heterocycles. The smallest absolute Gasteiger partial charge is 0.342 e. The van der Waals surface area contributed by atoms with Gasteiger partial charge >= 0.3 is 5.97 Å². The van der Waals surface area contributed by atoms with Crippen molar-refractivity contribution in [1.82, 2.24) is 4.57 Å². The molecule has 1 N–H and O–H groups in total. The molecule has 6 nitrogen and oxygen atoms in total. The quantitative estimate of drug-likeness (QED) is 0.615. The molecule has 25 heavy (non-hydrogen) atoms.